The van der Waals surface area contributed by atoms with Gasteiger partial charge in [-0.25, -0.2) is 4.79 Å². The van der Waals surface area contributed by atoms with Crippen LogP contribution in [-0.2, 0) is 69.3 Å². The third kappa shape index (κ3) is 10.9. The molecule has 1 aromatic heterocycles. The van der Waals surface area contributed by atoms with Crippen LogP contribution in [0.4, 0.5) is 0 Å². The van der Waals surface area contributed by atoms with Gasteiger partial charge in [-0.3, -0.25) is 33.5 Å². The molecule has 2 aliphatic rings. The smallest absolute Gasteiger partial charge is 0.330 e. The van der Waals surface area contributed by atoms with E-state index in [0.717, 1.165) is 49.0 Å². The lowest BCUT2D eigenvalue weighted by molar-refractivity contribution is -0.310. The molecule has 2 aliphatic heterocycles. The van der Waals surface area contributed by atoms with Crippen molar-refractivity contribution in [2.75, 3.05) is 27.4 Å². The number of aliphatic hydroxyl groups is 1. The van der Waals surface area contributed by atoms with Crippen LogP contribution in [0, 0.1) is 0 Å². The van der Waals surface area contributed by atoms with Crippen molar-refractivity contribution in [3.8, 4) is 11.5 Å². The van der Waals surface area contributed by atoms with Gasteiger partial charge in [0.2, 0.25) is 0 Å². The predicted octanol–water partition coefficient (Wildman–Crippen LogP) is 2.81. The summed E-state index contributed by atoms with van der Waals surface area (Å²) in [7, 11) is 3.14. The van der Waals surface area contributed by atoms with Gasteiger partial charge in [-0.2, -0.15) is 0 Å². The average molecular weight is 891 g/mol. The number of aromatic nitrogens is 2. The normalized spacial score (nSPS) is 23.1. The Kier molecular flexibility index (Phi) is 15.4. The summed E-state index contributed by atoms with van der Waals surface area (Å²) in [5, 5.41) is 11.4. The van der Waals surface area contributed by atoms with Gasteiger partial charge in [-0.1, -0.05) is 54.6 Å². The summed E-state index contributed by atoms with van der Waals surface area (Å²) in [5.74, 6) is -1.95. The monoisotopic (exact) mass is 890 g/mol. The van der Waals surface area contributed by atoms with E-state index in [1.54, 1.807) is 14.2 Å². The van der Waals surface area contributed by atoms with Gasteiger partial charge in [-0.05, 0) is 41.0 Å². The number of esters is 4. The maximum Gasteiger partial charge on any atom is 0.330 e. The Labute approximate surface area is 367 Å². The number of rotatable bonds is 17. The zero-order chi connectivity index (χ0) is 46.1. The van der Waals surface area contributed by atoms with Gasteiger partial charge >= 0.3 is 29.6 Å². The van der Waals surface area contributed by atoms with Crippen molar-refractivity contribution in [3.63, 3.8) is 0 Å². The molecule has 4 aromatic rings. The largest absolute Gasteiger partial charge is 0.497 e. The fraction of sp³-hybridized carbons (Fsp3) is 0.422. The maximum absolute atomic E-state index is 13.3. The van der Waals surface area contributed by atoms with E-state index in [2.05, 4.69) is 4.98 Å². The molecule has 0 unspecified atom stereocenters. The fourth-order valence-corrected chi connectivity index (χ4v) is 7.66. The molecule has 0 saturated carbocycles. The molecule has 3 aromatic carbocycles. The first-order valence-electron chi connectivity index (χ1n) is 20.2. The van der Waals surface area contributed by atoms with Gasteiger partial charge < -0.3 is 52.5 Å². The summed E-state index contributed by atoms with van der Waals surface area (Å²) in [6.45, 7) is 3.12. The number of benzene rings is 3. The highest BCUT2D eigenvalue weighted by molar-refractivity contribution is 5.68. The molecule has 0 spiro atoms. The molecule has 0 bridgehead atoms. The minimum atomic E-state index is -1.60. The van der Waals surface area contributed by atoms with E-state index >= 15 is 0 Å². The Morgan fingerprint density at radius 2 is 1.25 bits per heavy atom. The number of aliphatic hydroxyl groups excluding tert-OH is 1. The molecule has 3 heterocycles. The topological polar surface area (TPSA) is 236 Å². The number of ether oxygens (including phenoxy) is 10. The van der Waals surface area contributed by atoms with E-state index in [-0.39, 0.29) is 18.6 Å². The Hall–Kier alpha value is -6.38. The van der Waals surface area contributed by atoms with Crippen molar-refractivity contribution in [1.82, 2.24) is 9.55 Å². The first-order valence-corrected chi connectivity index (χ1v) is 20.2. The molecule has 342 valence electrons. The molecule has 2 N–H and O–H groups in total. The Morgan fingerprint density at radius 1 is 0.703 bits per heavy atom. The van der Waals surface area contributed by atoms with Gasteiger partial charge in [0.05, 0.1) is 39.1 Å². The van der Waals surface area contributed by atoms with E-state index < -0.39 is 103 Å². The summed E-state index contributed by atoms with van der Waals surface area (Å²) < 4.78 is 58.5. The lowest BCUT2D eigenvalue weighted by atomic mass is 9.80. The van der Waals surface area contributed by atoms with Crippen LogP contribution in [0.2, 0.25) is 0 Å². The quantitative estimate of drug-likeness (QED) is 0.0881. The highest BCUT2D eigenvalue weighted by Gasteiger charge is 2.53. The standard InChI is InChI=1S/C45H50N2O17/c1-25(48)57-23-37-39(60-26(2)49)40(61-27(3)50)41(62-28(4)51)43(64-37)58-22-29-21-47(44(54)46-42(29)53)38-20-35(52)36(63-38)24-59-45(30-10-8-7-9-11-30,31-12-16-33(55-5)17-13-31)32-14-18-34(56-6)19-15-32/h7-19,21,35-41,43,52H,20,22-24H2,1-6H3,(H,46,53,54)/t35-,36+,37+,38+,39+,40-,41+,43+/m0/s1. The predicted molar refractivity (Wildman–Crippen MR) is 221 cm³/mol. The number of hydrogen-bond acceptors (Lipinski definition) is 17. The number of nitrogens with one attached hydrogen (secondary N) is 1. The molecule has 0 aliphatic carbocycles. The molecule has 0 amide bonds. The highest BCUT2D eigenvalue weighted by atomic mass is 16.7. The van der Waals surface area contributed by atoms with E-state index in [9.17, 15) is 33.9 Å². The molecular weight excluding hydrogens is 840 g/mol. The second-order valence-electron chi connectivity index (χ2n) is 14.9. The lowest BCUT2D eigenvalue weighted by Gasteiger charge is -2.44. The van der Waals surface area contributed by atoms with Crippen molar-refractivity contribution in [2.45, 2.75) is 95.5 Å². The van der Waals surface area contributed by atoms with Gasteiger partial charge in [0.1, 0.15) is 42.1 Å². The minimum Gasteiger partial charge on any atom is -0.497 e. The van der Waals surface area contributed by atoms with Gasteiger partial charge in [0.15, 0.2) is 24.6 Å². The van der Waals surface area contributed by atoms with Gasteiger partial charge in [0, 0.05) is 40.3 Å². The molecule has 2 saturated heterocycles. The molecule has 8 atom stereocenters. The summed E-state index contributed by atoms with van der Waals surface area (Å²) >= 11 is 0. The third-order valence-electron chi connectivity index (χ3n) is 10.5. The van der Waals surface area contributed by atoms with Crippen LogP contribution >= 0.6 is 0 Å². The van der Waals surface area contributed by atoms with Crippen LogP contribution in [0.1, 0.15) is 62.6 Å². The summed E-state index contributed by atoms with van der Waals surface area (Å²) in [4.78, 5) is 77.2. The van der Waals surface area contributed by atoms with Crippen molar-refractivity contribution in [1.29, 1.82) is 0 Å². The third-order valence-corrected chi connectivity index (χ3v) is 10.5. The highest BCUT2D eigenvalue weighted by Crippen LogP contribution is 2.43. The van der Waals surface area contributed by atoms with Crippen molar-refractivity contribution < 1.29 is 71.7 Å². The van der Waals surface area contributed by atoms with Crippen molar-refractivity contribution in [2.24, 2.45) is 0 Å². The van der Waals surface area contributed by atoms with E-state index in [1.807, 2.05) is 78.9 Å². The van der Waals surface area contributed by atoms with Crippen LogP contribution in [0.25, 0.3) is 0 Å². The van der Waals surface area contributed by atoms with Crippen LogP contribution in [0.3, 0.4) is 0 Å². The number of carbonyl (C=O) groups excluding carboxylic acids is 4. The number of carbonyl (C=O) groups is 4. The molecule has 19 heteroatoms. The second kappa shape index (κ2) is 20.9. The van der Waals surface area contributed by atoms with Crippen molar-refractivity contribution >= 4 is 23.9 Å². The SMILES string of the molecule is COc1ccc(C(OC[C@H]2O[C@@H](n3cc(CO[C@@H]4O[C@H](COC(C)=O)[C@@H](OC(C)=O)[C@H](OC(C)=O)[C@H]4OC(C)=O)c(=O)[nH]c3=O)C[C@@H]2O)(c2ccccc2)c2ccc(OC)cc2)cc1. The molecule has 2 fully saturated rings. The van der Waals surface area contributed by atoms with Gasteiger partial charge in [-0.15, -0.1) is 0 Å². The first kappa shape index (κ1) is 47.1. The number of methoxy groups -OCH3 is 2. The molecule has 19 nitrogen and oxygen atoms in total. The summed E-state index contributed by atoms with van der Waals surface area (Å²) in [6, 6.07) is 24.3. The molecule has 0 radical (unpaired) electrons. The van der Waals surface area contributed by atoms with E-state index in [0.29, 0.717) is 11.5 Å². The van der Waals surface area contributed by atoms with Crippen LogP contribution in [-0.4, -0.2) is 109 Å². The Balaban J connectivity index is 1.27. The lowest BCUT2D eigenvalue weighted by Crippen LogP contribution is -2.62. The second-order valence-corrected chi connectivity index (χ2v) is 14.9. The first-order chi connectivity index (χ1) is 30.6. The fourth-order valence-electron chi connectivity index (χ4n) is 7.66. The summed E-state index contributed by atoms with van der Waals surface area (Å²) in [6.07, 6.45) is -9.50. The molecule has 64 heavy (non-hydrogen) atoms. The van der Waals surface area contributed by atoms with Crippen LogP contribution in [0.15, 0.2) is 94.6 Å². The van der Waals surface area contributed by atoms with Gasteiger partial charge in [0.25, 0.3) is 5.56 Å². The summed E-state index contributed by atoms with van der Waals surface area (Å²) in [5.41, 5.74) is -0.819. The van der Waals surface area contributed by atoms with E-state index in [4.69, 9.17) is 47.4 Å². The molecule has 6 rings (SSSR count). The molecular formula is C45H50N2O17. The number of nitrogens with zero attached hydrogens (tertiary/aromatic N) is 1. The average Bonchev–Trinajstić information content (AvgIpc) is 3.64. The Morgan fingerprint density at radius 3 is 1.80 bits per heavy atom. The number of H-pyrrole nitrogens is 1. The maximum atomic E-state index is 13.3. The van der Waals surface area contributed by atoms with Crippen LogP contribution < -0.4 is 20.7 Å². The van der Waals surface area contributed by atoms with Crippen molar-refractivity contribution in [3.05, 3.63) is 128 Å². The van der Waals surface area contributed by atoms with E-state index in [1.165, 1.54) is 6.20 Å². The minimum absolute atomic E-state index is 0.0800. The zero-order valence-electron chi connectivity index (χ0n) is 36.0. The number of aromatic amines is 1. The van der Waals surface area contributed by atoms with Crippen LogP contribution in [0.5, 0.6) is 11.5 Å². The Bertz CT molecular complexity index is 2320. The number of hydrogen-bond donors (Lipinski definition) is 2. The zero-order valence-corrected chi connectivity index (χ0v) is 36.0.